The third-order valence-electron chi connectivity index (χ3n) is 2.87. The summed E-state index contributed by atoms with van der Waals surface area (Å²) in [7, 11) is 0.377. The van der Waals surface area contributed by atoms with Gasteiger partial charge in [-0.25, -0.2) is 8.42 Å². The van der Waals surface area contributed by atoms with Gasteiger partial charge >= 0.3 is 0 Å². The predicted octanol–water partition coefficient (Wildman–Crippen LogP) is 0.126. The first-order valence-corrected chi connectivity index (χ1v) is 8.54. The molecule has 0 fully saturated rings. The molecule has 7 heteroatoms. The van der Waals surface area contributed by atoms with E-state index in [0.29, 0.717) is 13.1 Å². The first-order chi connectivity index (χ1) is 9.79. The van der Waals surface area contributed by atoms with Crippen molar-refractivity contribution in [3.8, 4) is 0 Å². The van der Waals surface area contributed by atoms with Crippen molar-refractivity contribution in [3.63, 3.8) is 0 Å². The van der Waals surface area contributed by atoms with Crippen LogP contribution in [0.5, 0.6) is 0 Å². The van der Waals surface area contributed by atoms with Crippen LogP contribution in [0.15, 0.2) is 30.3 Å². The van der Waals surface area contributed by atoms with Gasteiger partial charge in [0, 0.05) is 19.6 Å². The molecular weight excluding hydrogens is 290 g/mol. The molecule has 0 unspecified atom stereocenters. The van der Waals surface area contributed by atoms with Gasteiger partial charge in [-0.1, -0.05) is 30.3 Å². The van der Waals surface area contributed by atoms with E-state index in [2.05, 4.69) is 5.32 Å². The zero-order chi connectivity index (χ0) is 15.9. The van der Waals surface area contributed by atoms with E-state index in [4.69, 9.17) is 0 Å². The van der Waals surface area contributed by atoms with Gasteiger partial charge in [0.15, 0.2) is 0 Å². The van der Waals surface area contributed by atoms with Crippen LogP contribution in [-0.4, -0.2) is 63.5 Å². The first kappa shape index (κ1) is 17.6. The molecule has 0 atom stereocenters. The number of likely N-dealkylation sites (N-methyl/N-ethyl adjacent to an activating group) is 1. The molecule has 21 heavy (non-hydrogen) atoms. The van der Waals surface area contributed by atoms with Gasteiger partial charge in [0.1, 0.15) is 0 Å². The van der Waals surface area contributed by atoms with E-state index >= 15 is 0 Å². The number of hydrogen-bond acceptors (Lipinski definition) is 4. The third kappa shape index (κ3) is 7.22. The molecule has 0 saturated heterocycles. The van der Waals surface area contributed by atoms with Crippen LogP contribution >= 0.6 is 0 Å². The average molecular weight is 313 g/mol. The fraction of sp³-hybridized carbons (Fsp3) is 0.500. The lowest BCUT2D eigenvalue weighted by molar-refractivity contribution is -0.121. The summed E-state index contributed by atoms with van der Waals surface area (Å²) < 4.78 is 24.8. The van der Waals surface area contributed by atoms with Gasteiger partial charge in [0.25, 0.3) is 0 Å². The standard InChI is InChI=1S/C14H23N3O3S/c1-16(2)10-9-15-14(18)12-17(21(3,19)20)11-13-7-5-4-6-8-13/h4-8H,9-12H2,1-3H3,(H,15,18). The van der Waals surface area contributed by atoms with Crippen LogP contribution in [0.3, 0.4) is 0 Å². The normalized spacial score (nSPS) is 11.9. The van der Waals surface area contributed by atoms with E-state index in [9.17, 15) is 13.2 Å². The summed E-state index contributed by atoms with van der Waals surface area (Å²) in [5.74, 6) is -0.293. The molecule has 0 spiro atoms. The topological polar surface area (TPSA) is 69.7 Å². The van der Waals surface area contributed by atoms with Gasteiger partial charge in [0.05, 0.1) is 12.8 Å². The summed E-state index contributed by atoms with van der Waals surface area (Å²) in [5.41, 5.74) is 0.851. The number of nitrogens with zero attached hydrogens (tertiary/aromatic N) is 2. The summed E-state index contributed by atoms with van der Waals surface area (Å²) in [4.78, 5) is 13.8. The highest BCUT2D eigenvalue weighted by molar-refractivity contribution is 7.88. The lowest BCUT2D eigenvalue weighted by Gasteiger charge is -2.20. The van der Waals surface area contributed by atoms with Crippen molar-refractivity contribution in [2.75, 3.05) is 40.0 Å². The third-order valence-corrected chi connectivity index (χ3v) is 4.07. The summed E-state index contributed by atoms with van der Waals surface area (Å²) in [6, 6.07) is 9.21. The molecular formula is C14H23N3O3S. The van der Waals surface area contributed by atoms with E-state index in [1.54, 1.807) is 0 Å². The highest BCUT2D eigenvalue weighted by Gasteiger charge is 2.20. The molecule has 0 aliphatic rings. The smallest absolute Gasteiger partial charge is 0.235 e. The Labute approximate surface area is 126 Å². The van der Waals surface area contributed by atoms with Crippen molar-refractivity contribution in [2.45, 2.75) is 6.54 Å². The molecule has 1 N–H and O–H groups in total. The minimum Gasteiger partial charge on any atom is -0.354 e. The molecule has 0 radical (unpaired) electrons. The summed E-state index contributed by atoms with van der Waals surface area (Å²) >= 11 is 0. The quantitative estimate of drug-likeness (QED) is 0.740. The number of benzene rings is 1. The number of rotatable bonds is 8. The molecule has 0 heterocycles. The van der Waals surface area contributed by atoms with Crippen molar-refractivity contribution in [1.82, 2.24) is 14.5 Å². The monoisotopic (exact) mass is 313 g/mol. The molecule has 0 aliphatic heterocycles. The molecule has 1 aromatic carbocycles. The minimum absolute atomic E-state index is 0.166. The number of amides is 1. The minimum atomic E-state index is -3.44. The molecule has 0 saturated carbocycles. The molecule has 118 valence electrons. The summed E-state index contributed by atoms with van der Waals surface area (Å²) in [5, 5.41) is 2.72. The number of sulfonamides is 1. The molecule has 1 rings (SSSR count). The number of carbonyl (C=O) groups is 1. The van der Waals surface area contributed by atoms with Crippen molar-refractivity contribution in [1.29, 1.82) is 0 Å². The second-order valence-corrected chi connectivity index (χ2v) is 7.15. The number of nitrogens with one attached hydrogen (secondary N) is 1. The maximum atomic E-state index is 11.8. The van der Waals surface area contributed by atoms with E-state index < -0.39 is 10.0 Å². The molecule has 6 nitrogen and oxygen atoms in total. The van der Waals surface area contributed by atoms with E-state index in [-0.39, 0.29) is 19.0 Å². The summed E-state index contributed by atoms with van der Waals surface area (Å²) in [6.07, 6.45) is 1.11. The maximum absolute atomic E-state index is 11.8. The van der Waals surface area contributed by atoms with Crippen LogP contribution in [0.4, 0.5) is 0 Å². The largest absolute Gasteiger partial charge is 0.354 e. The van der Waals surface area contributed by atoms with Gasteiger partial charge in [0.2, 0.25) is 15.9 Å². The van der Waals surface area contributed by atoms with Crippen molar-refractivity contribution < 1.29 is 13.2 Å². The Morgan fingerprint density at radius 2 is 1.81 bits per heavy atom. The molecule has 0 bridgehead atoms. The Balaban J connectivity index is 2.61. The molecule has 0 aliphatic carbocycles. The van der Waals surface area contributed by atoms with Gasteiger partial charge in [-0.2, -0.15) is 4.31 Å². The fourth-order valence-electron chi connectivity index (χ4n) is 1.71. The zero-order valence-corrected chi connectivity index (χ0v) is 13.6. The van der Waals surface area contributed by atoms with Crippen LogP contribution in [-0.2, 0) is 21.4 Å². The Kier molecular flexibility index (Phi) is 6.80. The zero-order valence-electron chi connectivity index (χ0n) is 12.7. The lowest BCUT2D eigenvalue weighted by Crippen LogP contribution is -2.41. The van der Waals surface area contributed by atoms with Crippen molar-refractivity contribution >= 4 is 15.9 Å². The summed E-state index contributed by atoms with van der Waals surface area (Å²) in [6.45, 7) is 1.24. The van der Waals surface area contributed by atoms with Gasteiger partial charge < -0.3 is 10.2 Å². The van der Waals surface area contributed by atoms with Crippen molar-refractivity contribution in [3.05, 3.63) is 35.9 Å². The van der Waals surface area contributed by atoms with E-state index in [0.717, 1.165) is 11.8 Å². The second-order valence-electron chi connectivity index (χ2n) is 5.17. The van der Waals surface area contributed by atoms with Crippen LogP contribution in [0, 0.1) is 0 Å². The van der Waals surface area contributed by atoms with Gasteiger partial charge in [-0.3, -0.25) is 4.79 Å². The van der Waals surface area contributed by atoms with Gasteiger partial charge in [-0.05, 0) is 19.7 Å². The first-order valence-electron chi connectivity index (χ1n) is 6.69. The maximum Gasteiger partial charge on any atom is 0.235 e. The van der Waals surface area contributed by atoms with Gasteiger partial charge in [-0.15, -0.1) is 0 Å². The van der Waals surface area contributed by atoms with Crippen LogP contribution in [0.25, 0.3) is 0 Å². The van der Waals surface area contributed by atoms with Crippen molar-refractivity contribution in [2.24, 2.45) is 0 Å². The SMILES string of the molecule is CN(C)CCNC(=O)CN(Cc1ccccc1)S(C)(=O)=O. The molecule has 1 amide bonds. The Hall–Kier alpha value is -1.44. The number of hydrogen-bond donors (Lipinski definition) is 1. The average Bonchev–Trinajstić information content (AvgIpc) is 2.37. The fourth-order valence-corrected chi connectivity index (χ4v) is 2.45. The predicted molar refractivity (Wildman–Crippen MR) is 83.3 cm³/mol. The van der Waals surface area contributed by atoms with E-state index in [1.807, 2.05) is 49.3 Å². The Bertz CT molecular complexity index is 544. The lowest BCUT2D eigenvalue weighted by atomic mass is 10.2. The number of carbonyl (C=O) groups excluding carboxylic acids is 1. The Morgan fingerprint density at radius 1 is 1.19 bits per heavy atom. The molecule has 1 aromatic rings. The highest BCUT2D eigenvalue weighted by atomic mass is 32.2. The second kappa shape index (κ2) is 8.11. The Morgan fingerprint density at radius 3 is 2.33 bits per heavy atom. The van der Waals surface area contributed by atoms with Crippen LogP contribution in [0.1, 0.15) is 5.56 Å². The van der Waals surface area contributed by atoms with Crippen LogP contribution in [0.2, 0.25) is 0 Å². The van der Waals surface area contributed by atoms with E-state index in [1.165, 1.54) is 4.31 Å². The highest BCUT2D eigenvalue weighted by Crippen LogP contribution is 2.07. The van der Waals surface area contributed by atoms with Crippen LogP contribution < -0.4 is 5.32 Å². The molecule has 0 aromatic heterocycles.